The summed E-state index contributed by atoms with van der Waals surface area (Å²) in [5.74, 6) is 0. The van der Waals surface area contributed by atoms with Gasteiger partial charge in [0.25, 0.3) is 0 Å². The zero-order valence-electron chi connectivity index (χ0n) is 8.94. The van der Waals surface area contributed by atoms with Gasteiger partial charge in [0, 0.05) is 18.8 Å². The molecule has 4 N–H and O–H groups in total. The Hall–Kier alpha value is -1.55. The van der Waals surface area contributed by atoms with Gasteiger partial charge in [-0.15, -0.1) is 0 Å². The average Bonchev–Trinajstić information content (AvgIpc) is 2.25. The Morgan fingerprint density at radius 2 is 2.07 bits per heavy atom. The van der Waals surface area contributed by atoms with Crippen molar-refractivity contribution in [2.45, 2.75) is 13.3 Å². The minimum atomic E-state index is -0.457. The topological polar surface area (TPSA) is 72.3 Å². The number of nitrogens with two attached hydrogens (primary N) is 2. The van der Waals surface area contributed by atoms with Gasteiger partial charge in [-0.1, -0.05) is 25.1 Å². The molecule has 0 spiro atoms. The van der Waals surface area contributed by atoms with Crippen LogP contribution in [0.3, 0.4) is 0 Å². The molecular weight excluding hydrogens is 190 g/mol. The number of benzene rings is 1. The summed E-state index contributed by atoms with van der Waals surface area (Å²) in [5.41, 5.74) is 12.7. The summed E-state index contributed by atoms with van der Waals surface area (Å²) in [6, 6.07) is 7.26. The fraction of sp³-hybridized carbons (Fsp3) is 0.364. The zero-order valence-corrected chi connectivity index (χ0v) is 8.94. The monoisotopic (exact) mass is 207 g/mol. The average molecular weight is 207 g/mol. The molecule has 82 valence electrons. The summed E-state index contributed by atoms with van der Waals surface area (Å²) in [7, 11) is 0. The van der Waals surface area contributed by atoms with Crippen LogP contribution in [0.5, 0.6) is 0 Å². The van der Waals surface area contributed by atoms with Crippen molar-refractivity contribution in [3.63, 3.8) is 0 Å². The number of amides is 2. The van der Waals surface area contributed by atoms with E-state index in [4.69, 9.17) is 11.5 Å². The molecule has 1 rings (SSSR count). The first-order valence-electron chi connectivity index (χ1n) is 5.05. The van der Waals surface area contributed by atoms with Gasteiger partial charge in [-0.2, -0.15) is 0 Å². The van der Waals surface area contributed by atoms with E-state index in [-0.39, 0.29) is 0 Å². The number of aryl methyl sites for hydroxylation is 1. The second-order valence-electron chi connectivity index (χ2n) is 3.26. The highest BCUT2D eigenvalue weighted by atomic mass is 16.2. The van der Waals surface area contributed by atoms with E-state index >= 15 is 0 Å². The Balaban J connectivity index is 3.04. The second kappa shape index (κ2) is 5.36. The maximum Gasteiger partial charge on any atom is 0.319 e. The molecule has 0 aliphatic carbocycles. The number of para-hydroxylation sites is 1. The van der Waals surface area contributed by atoms with E-state index in [0.29, 0.717) is 13.1 Å². The SMILES string of the molecule is CCc1ccccc1N(CCN)C(N)=O. The van der Waals surface area contributed by atoms with Crippen LogP contribution < -0.4 is 16.4 Å². The number of rotatable bonds is 4. The molecule has 15 heavy (non-hydrogen) atoms. The third kappa shape index (κ3) is 2.70. The lowest BCUT2D eigenvalue weighted by molar-refractivity contribution is 0.254. The largest absolute Gasteiger partial charge is 0.351 e. The van der Waals surface area contributed by atoms with Gasteiger partial charge in [0.05, 0.1) is 0 Å². The summed E-state index contributed by atoms with van der Waals surface area (Å²) >= 11 is 0. The lowest BCUT2D eigenvalue weighted by atomic mass is 10.1. The molecule has 4 heteroatoms. The molecule has 0 bridgehead atoms. The number of carbonyl (C=O) groups excluding carboxylic acids is 1. The van der Waals surface area contributed by atoms with Gasteiger partial charge in [0.2, 0.25) is 0 Å². The van der Waals surface area contributed by atoms with Crippen molar-refractivity contribution in [1.29, 1.82) is 0 Å². The molecule has 1 aromatic rings. The van der Waals surface area contributed by atoms with Crippen LogP contribution in [0.1, 0.15) is 12.5 Å². The van der Waals surface area contributed by atoms with Crippen molar-refractivity contribution >= 4 is 11.7 Å². The van der Waals surface area contributed by atoms with Crippen LogP contribution in [-0.2, 0) is 6.42 Å². The molecule has 0 aliphatic heterocycles. The standard InChI is InChI=1S/C11H17N3O/c1-2-9-5-3-4-6-10(9)14(8-7-12)11(13)15/h3-6H,2,7-8,12H2,1H3,(H2,13,15). The minimum absolute atomic E-state index is 0.404. The molecule has 0 aliphatic rings. The normalized spacial score (nSPS) is 10.0. The second-order valence-corrected chi connectivity index (χ2v) is 3.26. The maximum absolute atomic E-state index is 11.3. The van der Waals surface area contributed by atoms with Crippen molar-refractivity contribution in [2.24, 2.45) is 11.5 Å². The summed E-state index contributed by atoms with van der Waals surface area (Å²) in [6.07, 6.45) is 0.866. The van der Waals surface area contributed by atoms with Crippen LogP contribution in [0.4, 0.5) is 10.5 Å². The minimum Gasteiger partial charge on any atom is -0.351 e. The van der Waals surface area contributed by atoms with Gasteiger partial charge in [0.15, 0.2) is 0 Å². The number of urea groups is 1. The number of carbonyl (C=O) groups is 1. The number of hydrogen-bond donors (Lipinski definition) is 2. The third-order valence-electron chi connectivity index (χ3n) is 2.28. The first-order valence-corrected chi connectivity index (χ1v) is 5.05. The van der Waals surface area contributed by atoms with Gasteiger partial charge in [-0.25, -0.2) is 4.79 Å². The van der Waals surface area contributed by atoms with E-state index in [2.05, 4.69) is 0 Å². The Morgan fingerprint density at radius 1 is 1.40 bits per heavy atom. The molecule has 0 heterocycles. The molecule has 2 amide bonds. The Bertz CT molecular complexity index is 338. The third-order valence-corrected chi connectivity index (χ3v) is 2.28. The highest BCUT2D eigenvalue weighted by Crippen LogP contribution is 2.20. The quantitative estimate of drug-likeness (QED) is 0.775. The molecule has 0 aromatic heterocycles. The van der Waals surface area contributed by atoms with Crippen molar-refractivity contribution in [3.05, 3.63) is 29.8 Å². The van der Waals surface area contributed by atoms with Crippen molar-refractivity contribution in [2.75, 3.05) is 18.0 Å². The molecule has 0 radical (unpaired) electrons. The van der Waals surface area contributed by atoms with E-state index in [1.165, 1.54) is 4.90 Å². The van der Waals surface area contributed by atoms with E-state index in [1.54, 1.807) is 0 Å². The Kier molecular flexibility index (Phi) is 4.12. The molecule has 0 atom stereocenters. The van der Waals surface area contributed by atoms with Crippen molar-refractivity contribution in [3.8, 4) is 0 Å². The predicted octanol–water partition coefficient (Wildman–Crippen LogP) is 1.09. The fourth-order valence-electron chi connectivity index (χ4n) is 1.55. The Morgan fingerprint density at radius 3 is 2.60 bits per heavy atom. The lowest BCUT2D eigenvalue weighted by Crippen LogP contribution is -2.39. The Labute approximate surface area is 89.9 Å². The van der Waals surface area contributed by atoms with Crippen molar-refractivity contribution in [1.82, 2.24) is 0 Å². The van der Waals surface area contributed by atoms with E-state index in [1.807, 2.05) is 31.2 Å². The summed E-state index contributed by atoms with van der Waals surface area (Å²) in [4.78, 5) is 12.8. The van der Waals surface area contributed by atoms with E-state index < -0.39 is 6.03 Å². The van der Waals surface area contributed by atoms with Gasteiger partial charge in [0.1, 0.15) is 0 Å². The molecule has 4 nitrogen and oxygen atoms in total. The number of anilines is 1. The summed E-state index contributed by atoms with van der Waals surface area (Å²) < 4.78 is 0. The van der Waals surface area contributed by atoms with Crippen LogP contribution in [0.25, 0.3) is 0 Å². The maximum atomic E-state index is 11.3. The highest BCUT2D eigenvalue weighted by molar-refractivity contribution is 5.91. The smallest absolute Gasteiger partial charge is 0.319 e. The summed E-state index contributed by atoms with van der Waals surface area (Å²) in [6.45, 7) is 2.90. The van der Waals surface area contributed by atoms with Gasteiger partial charge in [-0.05, 0) is 18.1 Å². The van der Waals surface area contributed by atoms with Crippen molar-refractivity contribution < 1.29 is 4.79 Å². The number of hydrogen-bond acceptors (Lipinski definition) is 2. The molecule has 1 aromatic carbocycles. The first-order chi connectivity index (χ1) is 7.20. The van der Waals surface area contributed by atoms with Crippen LogP contribution in [0, 0.1) is 0 Å². The number of nitrogens with zero attached hydrogens (tertiary/aromatic N) is 1. The fourth-order valence-corrected chi connectivity index (χ4v) is 1.55. The zero-order chi connectivity index (χ0) is 11.3. The van der Waals surface area contributed by atoms with Crippen LogP contribution in [0.15, 0.2) is 24.3 Å². The molecule has 0 saturated carbocycles. The molecule has 0 unspecified atom stereocenters. The summed E-state index contributed by atoms with van der Waals surface area (Å²) in [5, 5.41) is 0. The van der Waals surface area contributed by atoms with Gasteiger partial charge >= 0.3 is 6.03 Å². The molecular formula is C11H17N3O. The van der Waals surface area contributed by atoms with Crippen LogP contribution in [-0.4, -0.2) is 19.1 Å². The lowest BCUT2D eigenvalue weighted by Gasteiger charge is -2.22. The number of primary amides is 1. The first kappa shape index (κ1) is 11.5. The van der Waals surface area contributed by atoms with Gasteiger partial charge < -0.3 is 11.5 Å². The predicted molar refractivity (Wildman–Crippen MR) is 61.8 cm³/mol. The van der Waals surface area contributed by atoms with E-state index in [9.17, 15) is 4.79 Å². The van der Waals surface area contributed by atoms with E-state index in [0.717, 1.165) is 17.7 Å². The van der Waals surface area contributed by atoms with Crippen LogP contribution in [0.2, 0.25) is 0 Å². The molecule has 0 fully saturated rings. The van der Waals surface area contributed by atoms with Gasteiger partial charge in [-0.3, -0.25) is 4.90 Å². The highest BCUT2D eigenvalue weighted by Gasteiger charge is 2.13. The molecule has 0 saturated heterocycles. The van der Waals surface area contributed by atoms with Crippen LogP contribution >= 0.6 is 0 Å².